The van der Waals surface area contributed by atoms with E-state index in [0.717, 1.165) is 33.2 Å². The van der Waals surface area contributed by atoms with Gasteiger partial charge in [0.2, 0.25) is 0 Å². The van der Waals surface area contributed by atoms with Crippen molar-refractivity contribution in [2.45, 2.75) is 0 Å². The fraction of sp³-hybridized carbons (Fsp3) is 0. The SMILES string of the molecule is c1ccc(-c2c(-c3ccc4ccccc4c3)c3cc(-n4c5ccccc5c5ccccc54)ccc3c3ncc(-n4c5ccccc5c5ccccc54)cc23)cc1. The van der Waals surface area contributed by atoms with Crippen LogP contribution in [0.15, 0.2) is 200 Å². The number of hydrogen-bond acceptors (Lipinski definition) is 1. The summed E-state index contributed by atoms with van der Waals surface area (Å²) in [5.41, 5.74) is 12.6. The molecule has 56 heavy (non-hydrogen) atoms. The molecule has 260 valence electrons. The third-order valence-electron chi connectivity index (χ3n) is 11.7. The average molecular weight is 712 g/mol. The minimum absolute atomic E-state index is 0.988. The molecular weight excluding hydrogens is 679 g/mol. The van der Waals surface area contributed by atoms with E-state index in [9.17, 15) is 0 Å². The molecule has 0 atom stereocenters. The lowest BCUT2D eigenvalue weighted by molar-refractivity contribution is 1.16. The second-order valence-corrected chi connectivity index (χ2v) is 14.7. The standard InChI is InChI=1S/C53H33N3/c1-2-15-35(16-3-1)51-46-32-39(56-49-24-12-8-20-42(49)43-21-9-13-25-50(43)56)33-54-53(46)44-29-28-38(55-47-22-10-6-18-40(47)41-19-7-11-23-48(41)55)31-45(44)52(51)37-27-26-34-14-4-5-17-36(34)30-37/h1-33H. The van der Waals surface area contributed by atoms with Crippen molar-refractivity contribution in [2.75, 3.05) is 0 Å². The molecule has 3 heterocycles. The number of hydrogen-bond donors (Lipinski definition) is 0. The van der Waals surface area contributed by atoms with Gasteiger partial charge in [-0.3, -0.25) is 4.98 Å². The van der Waals surface area contributed by atoms with E-state index in [-0.39, 0.29) is 0 Å². The van der Waals surface area contributed by atoms with Gasteiger partial charge in [-0.25, -0.2) is 0 Å². The zero-order chi connectivity index (χ0) is 36.7. The summed E-state index contributed by atoms with van der Waals surface area (Å²) in [6.45, 7) is 0. The molecule has 0 aliphatic rings. The van der Waals surface area contributed by atoms with E-state index in [1.165, 1.54) is 76.5 Å². The average Bonchev–Trinajstić information content (AvgIpc) is 3.79. The maximum absolute atomic E-state index is 5.41. The summed E-state index contributed by atoms with van der Waals surface area (Å²) in [5, 5.41) is 10.8. The van der Waals surface area contributed by atoms with Gasteiger partial charge >= 0.3 is 0 Å². The Morgan fingerprint density at radius 1 is 0.304 bits per heavy atom. The van der Waals surface area contributed by atoms with Crippen LogP contribution in [0, 0.1) is 0 Å². The summed E-state index contributed by atoms with van der Waals surface area (Å²) in [4.78, 5) is 5.41. The van der Waals surface area contributed by atoms with Crippen molar-refractivity contribution in [3.05, 3.63) is 200 Å². The van der Waals surface area contributed by atoms with E-state index in [4.69, 9.17) is 4.98 Å². The summed E-state index contributed by atoms with van der Waals surface area (Å²) < 4.78 is 4.79. The fourth-order valence-electron chi connectivity index (χ4n) is 9.29. The molecule has 3 nitrogen and oxygen atoms in total. The van der Waals surface area contributed by atoms with Crippen LogP contribution in [-0.4, -0.2) is 14.1 Å². The van der Waals surface area contributed by atoms with Crippen molar-refractivity contribution in [1.82, 2.24) is 14.1 Å². The zero-order valence-electron chi connectivity index (χ0n) is 30.4. The Morgan fingerprint density at radius 3 is 1.43 bits per heavy atom. The molecule has 9 aromatic carbocycles. The predicted molar refractivity (Wildman–Crippen MR) is 236 cm³/mol. The summed E-state index contributed by atoms with van der Waals surface area (Å²) in [7, 11) is 0. The largest absolute Gasteiger partial charge is 0.309 e. The van der Waals surface area contributed by atoms with Gasteiger partial charge in [0.05, 0.1) is 39.5 Å². The van der Waals surface area contributed by atoms with Gasteiger partial charge < -0.3 is 9.13 Å². The normalized spacial score (nSPS) is 11.9. The fourth-order valence-corrected chi connectivity index (χ4v) is 9.29. The van der Waals surface area contributed by atoms with Gasteiger partial charge in [0.15, 0.2) is 0 Å². The Kier molecular flexibility index (Phi) is 6.63. The molecule has 0 fully saturated rings. The van der Waals surface area contributed by atoms with Crippen molar-refractivity contribution in [2.24, 2.45) is 0 Å². The molecule has 0 saturated heterocycles. The number of pyridine rings is 1. The maximum atomic E-state index is 5.41. The number of para-hydroxylation sites is 4. The van der Waals surface area contributed by atoms with Crippen LogP contribution >= 0.6 is 0 Å². The minimum atomic E-state index is 0.988. The van der Waals surface area contributed by atoms with Crippen molar-refractivity contribution < 1.29 is 0 Å². The van der Waals surface area contributed by atoms with Crippen molar-refractivity contribution >= 4 is 76.1 Å². The first-order chi connectivity index (χ1) is 27.8. The first-order valence-corrected chi connectivity index (χ1v) is 19.2. The van der Waals surface area contributed by atoms with E-state index < -0.39 is 0 Å². The zero-order valence-corrected chi connectivity index (χ0v) is 30.4. The molecule has 0 N–H and O–H groups in total. The van der Waals surface area contributed by atoms with Crippen molar-refractivity contribution in [3.63, 3.8) is 0 Å². The van der Waals surface area contributed by atoms with Crippen LogP contribution in [0.3, 0.4) is 0 Å². The summed E-state index contributed by atoms with van der Waals surface area (Å²) in [6, 6.07) is 70.6. The second-order valence-electron chi connectivity index (χ2n) is 14.7. The van der Waals surface area contributed by atoms with Crippen LogP contribution < -0.4 is 0 Å². The summed E-state index contributed by atoms with van der Waals surface area (Å²) in [5.74, 6) is 0. The second kappa shape index (κ2) is 12.0. The first-order valence-electron chi connectivity index (χ1n) is 19.2. The smallest absolute Gasteiger partial charge is 0.0788 e. The molecule has 0 saturated carbocycles. The Hall–Kier alpha value is -7.49. The van der Waals surface area contributed by atoms with Crippen LogP contribution in [0.4, 0.5) is 0 Å². The van der Waals surface area contributed by atoms with Crippen molar-refractivity contribution in [1.29, 1.82) is 0 Å². The van der Waals surface area contributed by atoms with E-state index in [2.05, 4.69) is 209 Å². The highest BCUT2D eigenvalue weighted by atomic mass is 15.0. The highest BCUT2D eigenvalue weighted by molar-refractivity contribution is 6.22. The Labute approximate surface area is 322 Å². The molecule has 12 aromatic rings. The molecule has 3 heteroatoms. The minimum Gasteiger partial charge on any atom is -0.309 e. The van der Waals surface area contributed by atoms with Crippen LogP contribution in [0.2, 0.25) is 0 Å². The molecule has 0 aliphatic carbocycles. The van der Waals surface area contributed by atoms with Crippen LogP contribution in [0.5, 0.6) is 0 Å². The molecule has 0 amide bonds. The Morgan fingerprint density at radius 2 is 0.804 bits per heavy atom. The lowest BCUT2D eigenvalue weighted by Crippen LogP contribution is -1.99. The molecule has 3 aromatic heterocycles. The lowest BCUT2D eigenvalue weighted by Gasteiger charge is -2.20. The monoisotopic (exact) mass is 711 g/mol. The number of benzene rings is 9. The van der Waals surface area contributed by atoms with Crippen molar-refractivity contribution in [3.8, 4) is 33.6 Å². The molecule has 0 unspecified atom stereocenters. The van der Waals surface area contributed by atoms with E-state index in [0.29, 0.717) is 0 Å². The van der Waals surface area contributed by atoms with Gasteiger partial charge in [-0.1, -0.05) is 146 Å². The van der Waals surface area contributed by atoms with Gasteiger partial charge in [-0.15, -0.1) is 0 Å². The predicted octanol–water partition coefficient (Wildman–Crippen LogP) is 14.1. The van der Waals surface area contributed by atoms with Gasteiger partial charge in [0, 0.05) is 38.0 Å². The lowest BCUT2D eigenvalue weighted by atomic mass is 9.85. The molecular formula is C53H33N3. The third kappa shape index (κ3) is 4.49. The van der Waals surface area contributed by atoms with E-state index in [1.807, 2.05) is 0 Å². The molecule has 0 aliphatic heterocycles. The first kappa shape index (κ1) is 30.9. The number of rotatable bonds is 4. The molecule has 0 bridgehead atoms. The Bertz CT molecular complexity index is 3430. The van der Waals surface area contributed by atoms with Gasteiger partial charge in [-0.2, -0.15) is 0 Å². The van der Waals surface area contributed by atoms with E-state index in [1.54, 1.807) is 0 Å². The van der Waals surface area contributed by atoms with E-state index >= 15 is 0 Å². The van der Waals surface area contributed by atoms with Gasteiger partial charge in [0.25, 0.3) is 0 Å². The summed E-state index contributed by atoms with van der Waals surface area (Å²) in [6.07, 6.45) is 2.06. The summed E-state index contributed by atoms with van der Waals surface area (Å²) >= 11 is 0. The van der Waals surface area contributed by atoms with Gasteiger partial charge in [0.1, 0.15) is 0 Å². The quantitative estimate of drug-likeness (QED) is 0.167. The highest BCUT2D eigenvalue weighted by Gasteiger charge is 2.22. The number of nitrogens with zero attached hydrogens (tertiary/aromatic N) is 3. The molecule has 0 spiro atoms. The van der Waals surface area contributed by atoms with Crippen LogP contribution in [0.1, 0.15) is 0 Å². The highest BCUT2D eigenvalue weighted by Crippen LogP contribution is 2.46. The third-order valence-corrected chi connectivity index (χ3v) is 11.7. The molecule has 0 radical (unpaired) electrons. The topological polar surface area (TPSA) is 22.8 Å². The Balaban J connectivity index is 1.24. The van der Waals surface area contributed by atoms with Crippen LogP contribution in [-0.2, 0) is 0 Å². The van der Waals surface area contributed by atoms with Crippen LogP contribution in [0.25, 0.3) is 110 Å². The number of fused-ring (bicyclic) bond motifs is 10. The van der Waals surface area contributed by atoms with Gasteiger partial charge in [-0.05, 0) is 86.9 Å². The maximum Gasteiger partial charge on any atom is 0.0788 e. The number of aromatic nitrogens is 3. The molecule has 12 rings (SSSR count).